The number of piperazine rings is 1. The first-order valence-electron chi connectivity index (χ1n) is 12.1. The summed E-state index contributed by atoms with van der Waals surface area (Å²) in [5.41, 5.74) is 8.89. The van der Waals surface area contributed by atoms with Crippen molar-refractivity contribution in [3.63, 3.8) is 0 Å². The molecule has 3 N–H and O–H groups in total. The number of carbonyl (C=O) groups is 2. The Morgan fingerprint density at radius 2 is 1.78 bits per heavy atom. The second-order valence-corrected chi connectivity index (χ2v) is 9.21. The molecule has 0 atom stereocenters. The zero-order valence-corrected chi connectivity index (χ0v) is 21.4. The summed E-state index contributed by atoms with van der Waals surface area (Å²) in [7, 11) is 2.07. The van der Waals surface area contributed by atoms with Gasteiger partial charge in [0, 0.05) is 44.0 Å². The monoisotopic (exact) mass is 519 g/mol. The third-order valence-electron chi connectivity index (χ3n) is 6.08. The zero-order valence-electron chi connectivity index (χ0n) is 20.7. The number of benzene rings is 2. The third kappa shape index (κ3) is 7.31. The van der Waals surface area contributed by atoms with E-state index < -0.39 is 0 Å². The van der Waals surface area contributed by atoms with E-state index in [1.54, 1.807) is 30.5 Å². The molecule has 9 heteroatoms. The second kappa shape index (κ2) is 12.4. The normalized spacial score (nSPS) is 14.1. The molecule has 8 nitrogen and oxygen atoms in total. The fourth-order valence-electron chi connectivity index (χ4n) is 3.88. The smallest absolute Gasteiger partial charge is 0.253 e. The summed E-state index contributed by atoms with van der Waals surface area (Å²) < 4.78 is 5.73. The number of nitrogens with one attached hydrogen (secondary N) is 1. The van der Waals surface area contributed by atoms with Crippen molar-refractivity contribution < 1.29 is 14.3 Å². The van der Waals surface area contributed by atoms with Crippen LogP contribution < -0.4 is 15.8 Å². The molecule has 1 saturated heterocycles. The van der Waals surface area contributed by atoms with Crippen molar-refractivity contribution in [2.45, 2.75) is 0 Å². The Kier molecular flexibility index (Phi) is 8.77. The molecule has 2 amide bonds. The van der Waals surface area contributed by atoms with Gasteiger partial charge in [-0.25, -0.2) is 4.98 Å². The van der Waals surface area contributed by atoms with Crippen LogP contribution in [0.3, 0.4) is 0 Å². The minimum absolute atomic E-state index is 0.0614. The summed E-state index contributed by atoms with van der Waals surface area (Å²) in [6.45, 7) is 3.87. The molecule has 0 radical (unpaired) electrons. The van der Waals surface area contributed by atoms with Gasteiger partial charge in [0.25, 0.3) is 5.91 Å². The van der Waals surface area contributed by atoms with Crippen LogP contribution in [0.5, 0.6) is 5.75 Å². The molecule has 192 valence electrons. The minimum Gasteiger partial charge on any atom is -0.490 e. The van der Waals surface area contributed by atoms with Crippen LogP contribution in [-0.2, 0) is 4.79 Å². The summed E-state index contributed by atoms with van der Waals surface area (Å²) >= 11 is 6.44. The number of ether oxygens (including phenoxy) is 1. The maximum Gasteiger partial charge on any atom is 0.253 e. The van der Waals surface area contributed by atoms with Crippen LogP contribution in [0.2, 0.25) is 5.02 Å². The van der Waals surface area contributed by atoms with Crippen LogP contribution in [0.15, 0.2) is 66.9 Å². The van der Waals surface area contributed by atoms with Gasteiger partial charge in [-0.05, 0) is 66.2 Å². The van der Waals surface area contributed by atoms with Gasteiger partial charge in [-0.15, -0.1) is 0 Å². The van der Waals surface area contributed by atoms with Crippen LogP contribution >= 0.6 is 11.6 Å². The van der Waals surface area contributed by atoms with Gasteiger partial charge in [-0.1, -0.05) is 29.8 Å². The van der Waals surface area contributed by atoms with E-state index in [0.29, 0.717) is 28.7 Å². The molecule has 1 aliphatic rings. The maximum atomic E-state index is 12.8. The van der Waals surface area contributed by atoms with Crippen molar-refractivity contribution in [2.75, 3.05) is 52.1 Å². The van der Waals surface area contributed by atoms with Crippen LogP contribution in [0, 0.1) is 0 Å². The molecule has 1 aliphatic heterocycles. The van der Waals surface area contributed by atoms with E-state index in [1.807, 2.05) is 41.3 Å². The lowest BCUT2D eigenvalue weighted by Gasteiger charge is -2.32. The Morgan fingerprint density at radius 1 is 1.05 bits per heavy atom. The third-order valence-corrected chi connectivity index (χ3v) is 6.38. The largest absolute Gasteiger partial charge is 0.490 e. The zero-order chi connectivity index (χ0) is 26.2. The Labute approximate surface area is 221 Å². The number of anilines is 1. The molecule has 4 rings (SSSR count). The predicted octanol–water partition coefficient (Wildman–Crippen LogP) is 3.58. The molecule has 3 aromatic rings. The van der Waals surface area contributed by atoms with Crippen LogP contribution in [0.4, 0.5) is 5.82 Å². The molecule has 0 spiro atoms. The number of nitrogen functional groups attached to an aromatic ring is 1. The number of nitrogens with two attached hydrogens (primary N) is 1. The highest BCUT2D eigenvalue weighted by Gasteiger charge is 2.20. The first kappa shape index (κ1) is 26.2. The van der Waals surface area contributed by atoms with E-state index in [0.717, 1.165) is 42.9 Å². The standard InChI is InChI=1S/C28H30ClN5O3/c1-33-13-15-34(16-14-33)28(36)22-6-4-21(5-7-22)23-8-9-25(24(29)18-23)37-17-12-31-27(35)11-3-20-2-10-26(30)32-19-20/h2-11,18-19H,12-17H2,1H3,(H2,30,32)(H,31,35). The topological polar surface area (TPSA) is 101 Å². The summed E-state index contributed by atoms with van der Waals surface area (Å²) in [5, 5.41) is 3.23. The fourth-order valence-corrected chi connectivity index (χ4v) is 4.11. The van der Waals surface area contributed by atoms with Crippen molar-refractivity contribution in [3.05, 3.63) is 83.0 Å². The molecule has 2 heterocycles. The van der Waals surface area contributed by atoms with Gasteiger partial charge in [0.15, 0.2) is 0 Å². The highest BCUT2D eigenvalue weighted by Crippen LogP contribution is 2.30. The molecule has 0 unspecified atom stereocenters. The fraction of sp³-hybridized carbons (Fsp3) is 0.250. The van der Waals surface area contributed by atoms with Gasteiger partial charge in [0.1, 0.15) is 18.2 Å². The molecule has 1 fully saturated rings. The number of nitrogens with zero attached hydrogens (tertiary/aromatic N) is 3. The number of pyridine rings is 1. The van der Waals surface area contributed by atoms with Crippen molar-refractivity contribution >= 4 is 35.3 Å². The quantitative estimate of drug-likeness (QED) is 0.348. The molecule has 2 aromatic carbocycles. The SMILES string of the molecule is CN1CCN(C(=O)c2ccc(-c3ccc(OCCNC(=O)C=Cc4ccc(N)nc4)c(Cl)c3)cc2)CC1. The van der Waals surface area contributed by atoms with Gasteiger partial charge < -0.3 is 25.6 Å². The minimum atomic E-state index is -0.239. The first-order valence-corrected chi connectivity index (χ1v) is 12.4. The highest BCUT2D eigenvalue weighted by molar-refractivity contribution is 6.32. The summed E-state index contributed by atoms with van der Waals surface area (Å²) in [6, 6.07) is 16.6. The Balaban J connectivity index is 1.26. The number of aromatic nitrogens is 1. The van der Waals surface area contributed by atoms with Crippen molar-refractivity contribution in [3.8, 4) is 16.9 Å². The highest BCUT2D eigenvalue weighted by atomic mass is 35.5. The number of halogens is 1. The lowest BCUT2D eigenvalue weighted by molar-refractivity contribution is -0.116. The second-order valence-electron chi connectivity index (χ2n) is 8.81. The molecular weight excluding hydrogens is 490 g/mol. The molecule has 1 aromatic heterocycles. The number of likely N-dealkylation sites (N-methyl/N-ethyl adjacent to an activating group) is 1. The van der Waals surface area contributed by atoms with E-state index in [4.69, 9.17) is 22.1 Å². The number of hydrogen-bond acceptors (Lipinski definition) is 6. The number of amides is 2. The van der Waals surface area contributed by atoms with Crippen molar-refractivity contribution in [2.24, 2.45) is 0 Å². The summed E-state index contributed by atoms with van der Waals surface area (Å²) in [6.07, 6.45) is 4.68. The average molecular weight is 520 g/mol. The first-order chi connectivity index (χ1) is 17.9. The lowest BCUT2D eigenvalue weighted by atomic mass is 10.0. The van der Waals surface area contributed by atoms with Crippen LogP contribution in [0.25, 0.3) is 17.2 Å². The van der Waals surface area contributed by atoms with Crippen LogP contribution in [-0.4, -0.2) is 73.0 Å². The molecular formula is C28H30ClN5O3. The van der Waals surface area contributed by atoms with Crippen molar-refractivity contribution in [1.82, 2.24) is 20.1 Å². The van der Waals surface area contributed by atoms with E-state index in [2.05, 4.69) is 22.2 Å². The molecule has 0 bridgehead atoms. The summed E-state index contributed by atoms with van der Waals surface area (Å²) in [5.74, 6) is 0.782. The van der Waals surface area contributed by atoms with Crippen molar-refractivity contribution in [1.29, 1.82) is 0 Å². The van der Waals surface area contributed by atoms with E-state index >= 15 is 0 Å². The van der Waals surface area contributed by atoms with Gasteiger partial charge >= 0.3 is 0 Å². The Morgan fingerprint density at radius 3 is 2.46 bits per heavy atom. The van der Waals surface area contributed by atoms with Gasteiger partial charge in [0.05, 0.1) is 11.6 Å². The Hall–Kier alpha value is -3.88. The van der Waals surface area contributed by atoms with Gasteiger partial charge in [-0.3, -0.25) is 9.59 Å². The lowest BCUT2D eigenvalue weighted by Crippen LogP contribution is -2.47. The van der Waals surface area contributed by atoms with E-state index in [-0.39, 0.29) is 18.4 Å². The van der Waals surface area contributed by atoms with E-state index in [9.17, 15) is 9.59 Å². The molecule has 0 saturated carbocycles. The number of hydrogen-bond donors (Lipinski definition) is 2. The maximum absolute atomic E-state index is 12.8. The number of rotatable bonds is 8. The van der Waals surface area contributed by atoms with Crippen LogP contribution in [0.1, 0.15) is 15.9 Å². The van der Waals surface area contributed by atoms with E-state index in [1.165, 1.54) is 6.08 Å². The molecule has 37 heavy (non-hydrogen) atoms. The predicted molar refractivity (Wildman–Crippen MR) is 146 cm³/mol. The molecule has 0 aliphatic carbocycles. The average Bonchev–Trinajstić information content (AvgIpc) is 2.91. The summed E-state index contributed by atoms with van der Waals surface area (Å²) in [4.78, 5) is 32.8. The van der Waals surface area contributed by atoms with Gasteiger partial charge in [-0.2, -0.15) is 0 Å². The Bertz CT molecular complexity index is 1250. The van der Waals surface area contributed by atoms with Gasteiger partial charge in [0.2, 0.25) is 5.91 Å². The number of carbonyl (C=O) groups excluding carboxylic acids is 2.